The van der Waals surface area contributed by atoms with Crippen molar-refractivity contribution in [2.24, 2.45) is 0 Å². The molecule has 1 aliphatic heterocycles. The van der Waals surface area contributed by atoms with E-state index in [0.29, 0.717) is 25.9 Å². The zero-order valence-electron chi connectivity index (χ0n) is 12.2. The summed E-state index contributed by atoms with van der Waals surface area (Å²) in [5.41, 5.74) is 2.30. The van der Waals surface area contributed by atoms with Gasteiger partial charge in [0.15, 0.2) is 0 Å². The summed E-state index contributed by atoms with van der Waals surface area (Å²) >= 11 is 0. The minimum Gasteiger partial charge on any atom is -0.387 e. The highest BCUT2D eigenvalue weighted by Crippen LogP contribution is 2.22. The van der Waals surface area contributed by atoms with Crippen molar-refractivity contribution in [2.75, 3.05) is 19.6 Å². The molecule has 21 heavy (non-hydrogen) atoms. The third-order valence-electron chi connectivity index (χ3n) is 4.20. The van der Waals surface area contributed by atoms with E-state index in [1.807, 2.05) is 31.2 Å². The Hall–Kier alpha value is -1.85. The molecule has 1 unspecified atom stereocenters. The standard InChI is InChI=1S/C16H21N3O2/c1-11-13(12-4-2-3-5-14(12)19-11)8-15(20)18-10-16(21)6-7-17-9-16/h2-5,17,19,21H,6-10H2,1H3,(H,18,20). The van der Waals surface area contributed by atoms with Gasteiger partial charge in [-0.25, -0.2) is 0 Å². The SMILES string of the molecule is Cc1[nH]c2ccccc2c1CC(=O)NCC1(O)CCNC1. The molecular formula is C16H21N3O2. The second kappa shape index (κ2) is 5.50. The molecule has 112 valence electrons. The van der Waals surface area contributed by atoms with Gasteiger partial charge < -0.3 is 20.7 Å². The van der Waals surface area contributed by atoms with Crippen LogP contribution < -0.4 is 10.6 Å². The van der Waals surface area contributed by atoms with Crippen LogP contribution in [-0.2, 0) is 11.2 Å². The van der Waals surface area contributed by atoms with Crippen LogP contribution in [0.5, 0.6) is 0 Å². The van der Waals surface area contributed by atoms with Crippen LogP contribution in [0.2, 0.25) is 0 Å². The van der Waals surface area contributed by atoms with Gasteiger partial charge in [-0.05, 0) is 31.5 Å². The Morgan fingerprint density at radius 2 is 2.24 bits per heavy atom. The minimum atomic E-state index is -0.801. The molecule has 5 heteroatoms. The summed E-state index contributed by atoms with van der Waals surface area (Å²) in [7, 11) is 0. The molecule has 0 spiro atoms. The predicted octanol–water partition coefficient (Wildman–Crippen LogP) is 0.859. The molecular weight excluding hydrogens is 266 g/mol. The fraction of sp³-hybridized carbons (Fsp3) is 0.438. The van der Waals surface area contributed by atoms with E-state index in [9.17, 15) is 9.90 Å². The number of aryl methyl sites for hydroxylation is 1. The molecule has 0 aliphatic carbocycles. The maximum absolute atomic E-state index is 12.1. The van der Waals surface area contributed by atoms with Crippen LogP contribution in [0.3, 0.4) is 0 Å². The van der Waals surface area contributed by atoms with Crippen molar-refractivity contribution in [1.82, 2.24) is 15.6 Å². The maximum atomic E-state index is 12.1. The lowest BCUT2D eigenvalue weighted by molar-refractivity contribution is -0.121. The molecule has 1 aromatic heterocycles. The van der Waals surface area contributed by atoms with Gasteiger partial charge in [-0.15, -0.1) is 0 Å². The number of rotatable bonds is 4. The van der Waals surface area contributed by atoms with Gasteiger partial charge in [-0.3, -0.25) is 4.79 Å². The summed E-state index contributed by atoms with van der Waals surface area (Å²) in [5, 5.41) is 17.3. The number of aromatic amines is 1. The van der Waals surface area contributed by atoms with Gasteiger partial charge in [0, 0.05) is 29.7 Å². The molecule has 2 aromatic rings. The van der Waals surface area contributed by atoms with Crippen LogP contribution >= 0.6 is 0 Å². The Labute approximate surface area is 123 Å². The molecule has 3 rings (SSSR count). The monoisotopic (exact) mass is 287 g/mol. The summed E-state index contributed by atoms with van der Waals surface area (Å²) in [4.78, 5) is 15.4. The highest BCUT2D eigenvalue weighted by Gasteiger charge is 2.31. The summed E-state index contributed by atoms with van der Waals surface area (Å²) in [6, 6.07) is 7.99. The fourth-order valence-corrected chi connectivity index (χ4v) is 2.93. The first kappa shape index (κ1) is 14.1. The second-order valence-corrected chi connectivity index (χ2v) is 5.88. The van der Waals surface area contributed by atoms with Crippen LogP contribution in [0.4, 0.5) is 0 Å². The smallest absolute Gasteiger partial charge is 0.224 e. The van der Waals surface area contributed by atoms with E-state index in [4.69, 9.17) is 0 Å². The molecule has 2 heterocycles. The number of nitrogens with one attached hydrogen (secondary N) is 3. The molecule has 0 saturated carbocycles. The first-order chi connectivity index (χ1) is 10.1. The maximum Gasteiger partial charge on any atom is 0.224 e. The van der Waals surface area contributed by atoms with Crippen molar-refractivity contribution in [3.63, 3.8) is 0 Å². The number of para-hydroxylation sites is 1. The van der Waals surface area contributed by atoms with Gasteiger partial charge in [-0.2, -0.15) is 0 Å². The lowest BCUT2D eigenvalue weighted by Crippen LogP contribution is -2.44. The van der Waals surface area contributed by atoms with Crippen molar-refractivity contribution in [3.8, 4) is 0 Å². The van der Waals surface area contributed by atoms with Crippen LogP contribution in [0.15, 0.2) is 24.3 Å². The third-order valence-corrected chi connectivity index (χ3v) is 4.20. The molecule has 1 aliphatic rings. The second-order valence-electron chi connectivity index (χ2n) is 5.88. The summed E-state index contributed by atoms with van der Waals surface area (Å²) < 4.78 is 0. The normalized spacial score (nSPS) is 21.8. The van der Waals surface area contributed by atoms with E-state index >= 15 is 0 Å². The fourth-order valence-electron chi connectivity index (χ4n) is 2.93. The zero-order valence-corrected chi connectivity index (χ0v) is 12.2. The molecule has 1 saturated heterocycles. The van der Waals surface area contributed by atoms with Gasteiger partial charge in [0.05, 0.1) is 12.0 Å². The van der Waals surface area contributed by atoms with Crippen LogP contribution in [0, 0.1) is 6.92 Å². The first-order valence-electron chi connectivity index (χ1n) is 7.33. The first-order valence-corrected chi connectivity index (χ1v) is 7.33. The number of hydrogen-bond donors (Lipinski definition) is 4. The minimum absolute atomic E-state index is 0.0526. The number of carbonyl (C=O) groups excluding carboxylic acids is 1. The Morgan fingerprint density at radius 3 is 3.00 bits per heavy atom. The van der Waals surface area contributed by atoms with E-state index in [1.165, 1.54) is 0 Å². The lowest BCUT2D eigenvalue weighted by atomic mass is 10.0. The van der Waals surface area contributed by atoms with Gasteiger partial charge >= 0.3 is 0 Å². The van der Waals surface area contributed by atoms with Crippen LogP contribution in [-0.4, -0.2) is 41.2 Å². The number of fused-ring (bicyclic) bond motifs is 1. The number of H-pyrrole nitrogens is 1. The Morgan fingerprint density at radius 1 is 1.43 bits per heavy atom. The summed E-state index contributed by atoms with van der Waals surface area (Å²) in [6.07, 6.45) is 1.01. The van der Waals surface area contributed by atoms with Crippen molar-refractivity contribution >= 4 is 16.8 Å². The van der Waals surface area contributed by atoms with Crippen LogP contribution in [0.25, 0.3) is 10.9 Å². The van der Waals surface area contributed by atoms with Crippen molar-refractivity contribution in [2.45, 2.75) is 25.4 Å². The van der Waals surface area contributed by atoms with Gasteiger partial charge in [0.25, 0.3) is 0 Å². The lowest BCUT2D eigenvalue weighted by Gasteiger charge is -2.21. The molecule has 1 atom stereocenters. The van der Waals surface area contributed by atoms with E-state index in [0.717, 1.165) is 28.7 Å². The highest BCUT2D eigenvalue weighted by molar-refractivity contribution is 5.90. The Kier molecular flexibility index (Phi) is 3.69. The molecule has 0 bridgehead atoms. The quantitative estimate of drug-likeness (QED) is 0.673. The van der Waals surface area contributed by atoms with Gasteiger partial charge in [-0.1, -0.05) is 18.2 Å². The van der Waals surface area contributed by atoms with Crippen LogP contribution in [0.1, 0.15) is 17.7 Å². The topological polar surface area (TPSA) is 77.2 Å². The third kappa shape index (κ3) is 2.94. The molecule has 1 amide bonds. The summed E-state index contributed by atoms with van der Waals surface area (Å²) in [6.45, 7) is 3.63. The zero-order chi connectivity index (χ0) is 14.9. The van der Waals surface area contributed by atoms with E-state index in [-0.39, 0.29) is 5.91 Å². The largest absolute Gasteiger partial charge is 0.387 e. The highest BCUT2D eigenvalue weighted by atomic mass is 16.3. The number of amides is 1. The molecule has 1 fully saturated rings. The molecule has 5 nitrogen and oxygen atoms in total. The van der Waals surface area contributed by atoms with E-state index < -0.39 is 5.60 Å². The number of aromatic nitrogens is 1. The average Bonchev–Trinajstić information content (AvgIpc) is 3.03. The van der Waals surface area contributed by atoms with Gasteiger partial charge in [0.1, 0.15) is 0 Å². The predicted molar refractivity (Wildman–Crippen MR) is 82.2 cm³/mol. The van der Waals surface area contributed by atoms with Crippen molar-refractivity contribution < 1.29 is 9.90 Å². The number of hydrogen-bond acceptors (Lipinski definition) is 3. The van der Waals surface area contributed by atoms with Crippen molar-refractivity contribution in [1.29, 1.82) is 0 Å². The van der Waals surface area contributed by atoms with Gasteiger partial charge in [0.2, 0.25) is 5.91 Å². The summed E-state index contributed by atoms with van der Waals surface area (Å²) in [5.74, 6) is -0.0526. The number of β-amino-alcohol motifs (C(OH)–C–C–N with tert-alkyl or cyclic N) is 1. The number of benzene rings is 1. The molecule has 4 N–H and O–H groups in total. The average molecular weight is 287 g/mol. The number of aliphatic hydroxyl groups is 1. The Bertz CT molecular complexity index is 657. The number of carbonyl (C=O) groups is 1. The van der Waals surface area contributed by atoms with E-state index in [2.05, 4.69) is 15.6 Å². The molecule has 0 radical (unpaired) electrons. The van der Waals surface area contributed by atoms with E-state index in [1.54, 1.807) is 0 Å². The Balaban J connectivity index is 1.67. The van der Waals surface area contributed by atoms with Crippen molar-refractivity contribution in [3.05, 3.63) is 35.5 Å². The molecule has 1 aromatic carbocycles.